The second-order valence-corrected chi connectivity index (χ2v) is 9.38. The minimum atomic E-state index is -0.714. The summed E-state index contributed by atoms with van der Waals surface area (Å²) in [6.45, 7) is 5.87. The molecule has 7 nitrogen and oxygen atoms in total. The molecule has 1 heterocycles. The van der Waals surface area contributed by atoms with Gasteiger partial charge in [-0.25, -0.2) is 4.39 Å². The summed E-state index contributed by atoms with van der Waals surface area (Å²) in [4.78, 5) is 29.9. The molecule has 3 aromatic rings. The number of furan rings is 1. The first-order valence-electron chi connectivity index (χ1n) is 11.7. The number of nitrogens with zero attached hydrogens (tertiary/aromatic N) is 2. The number of amides is 2. The van der Waals surface area contributed by atoms with E-state index in [9.17, 15) is 14.0 Å². The molecule has 0 saturated heterocycles. The molecular formula is C28H33FN2O5. The summed E-state index contributed by atoms with van der Waals surface area (Å²) in [5, 5.41) is 0. The highest BCUT2D eigenvalue weighted by Crippen LogP contribution is 2.28. The lowest BCUT2D eigenvalue weighted by atomic mass is 10.0. The van der Waals surface area contributed by atoms with Crippen molar-refractivity contribution in [3.8, 4) is 11.5 Å². The predicted octanol–water partition coefficient (Wildman–Crippen LogP) is 4.95. The molecule has 2 aromatic carbocycles. The first-order valence-corrected chi connectivity index (χ1v) is 11.7. The van der Waals surface area contributed by atoms with E-state index in [-0.39, 0.29) is 24.6 Å². The molecule has 0 aliphatic rings. The third-order valence-corrected chi connectivity index (χ3v) is 5.85. The Kier molecular flexibility index (Phi) is 8.74. The van der Waals surface area contributed by atoms with Crippen molar-refractivity contribution in [1.29, 1.82) is 0 Å². The Balaban J connectivity index is 1.82. The van der Waals surface area contributed by atoms with E-state index in [1.54, 1.807) is 43.6 Å². The maximum absolute atomic E-state index is 14.4. The van der Waals surface area contributed by atoms with Gasteiger partial charge in [-0.1, -0.05) is 18.2 Å². The standard InChI is InChI=1S/C28H33FN2O5/c1-28(2,3)31(27(33)22-10-6-7-11-23(22)29)19-26(32)30(18-21-9-8-16-36-21)15-14-20-12-13-24(34-4)25(17-20)35-5/h6-13,16-17H,14-15,18-19H2,1-5H3. The zero-order valence-corrected chi connectivity index (χ0v) is 21.4. The number of methoxy groups -OCH3 is 2. The predicted molar refractivity (Wildman–Crippen MR) is 135 cm³/mol. The van der Waals surface area contributed by atoms with Crippen LogP contribution >= 0.6 is 0 Å². The van der Waals surface area contributed by atoms with E-state index in [0.29, 0.717) is 30.2 Å². The Hall–Kier alpha value is -3.81. The Morgan fingerprint density at radius 1 is 0.972 bits per heavy atom. The Morgan fingerprint density at radius 2 is 1.69 bits per heavy atom. The molecule has 0 fully saturated rings. The van der Waals surface area contributed by atoms with Gasteiger partial charge in [0.2, 0.25) is 5.91 Å². The average molecular weight is 497 g/mol. The second kappa shape index (κ2) is 11.7. The van der Waals surface area contributed by atoms with Gasteiger partial charge in [0.05, 0.1) is 32.6 Å². The molecule has 0 aliphatic heterocycles. The van der Waals surface area contributed by atoms with Crippen LogP contribution in [-0.4, -0.2) is 54.5 Å². The number of carbonyl (C=O) groups excluding carboxylic acids is 2. The number of rotatable bonds is 10. The molecule has 8 heteroatoms. The zero-order valence-electron chi connectivity index (χ0n) is 21.4. The van der Waals surface area contributed by atoms with E-state index in [4.69, 9.17) is 13.9 Å². The first kappa shape index (κ1) is 26.8. The lowest BCUT2D eigenvalue weighted by molar-refractivity contribution is -0.133. The van der Waals surface area contributed by atoms with Gasteiger partial charge >= 0.3 is 0 Å². The summed E-state index contributed by atoms with van der Waals surface area (Å²) in [5.41, 5.74) is 0.178. The van der Waals surface area contributed by atoms with Crippen molar-refractivity contribution in [2.75, 3.05) is 27.3 Å². The average Bonchev–Trinajstić information content (AvgIpc) is 3.37. The molecule has 0 atom stereocenters. The molecule has 2 amide bonds. The second-order valence-electron chi connectivity index (χ2n) is 9.38. The summed E-state index contributed by atoms with van der Waals surface area (Å²) in [5.74, 6) is 0.423. The lowest BCUT2D eigenvalue weighted by Crippen LogP contribution is -2.51. The number of carbonyl (C=O) groups is 2. The molecule has 192 valence electrons. The van der Waals surface area contributed by atoms with Crippen LogP contribution in [0.3, 0.4) is 0 Å². The van der Waals surface area contributed by atoms with Crippen LogP contribution in [0.1, 0.15) is 42.5 Å². The van der Waals surface area contributed by atoms with Gasteiger partial charge in [-0.05, 0) is 69.2 Å². The Morgan fingerprint density at radius 3 is 2.31 bits per heavy atom. The quantitative estimate of drug-likeness (QED) is 0.397. The van der Waals surface area contributed by atoms with Crippen molar-refractivity contribution in [3.63, 3.8) is 0 Å². The molecule has 0 saturated carbocycles. The topological polar surface area (TPSA) is 72.2 Å². The Labute approximate surface area is 211 Å². The maximum atomic E-state index is 14.4. The van der Waals surface area contributed by atoms with Crippen molar-refractivity contribution < 1.29 is 27.9 Å². The van der Waals surface area contributed by atoms with Crippen LogP contribution in [0.15, 0.2) is 65.3 Å². The largest absolute Gasteiger partial charge is 0.493 e. The lowest BCUT2D eigenvalue weighted by Gasteiger charge is -2.37. The Bertz CT molecular complexity index is 1170. The van der Waals surface area contributed by atoms with Crippen LogP contribution in [0.4, 0.5) is 4.39 Å². The van der Waals surface area contributed by atoms with Gasteiger partial charge in [0.1, 0.15) is 18.1 Å². The van der Waals surface area contributed by atoms with Gasteiger partial charge in [0.25, 0.3) is 5.91 Å². The summed E-state index contributed by atoms with van der Waals surface area (Å²) in [6, 6.07) is 15.0. The molecule has 1 aromatic heterocycles. The molecule has 0 radical (unpaired) electrons. The van der Waals surface area contributed by atoms with E-state index >= 15 is 0 Å². The van der Waals surface area contributed by atoms with Crippen molar-refractivity contribution in [1.82, 2.24) is 9.80 Å². The van der Waals surface area contributed by atoms with E-state index in [1.807, 2.05) is 39.0 Å². The normalized spacial score (nSPS) is 11.2. The van der Waals surface area contributed by atoms with E-state index < -0.39 is 17.3 Å². The van der Waals surface area contributed by atoms with E-state index in [2.05, 4.69) is 0 Å². The van der Waals surface area contributed by atoms with Gasteiger partial charge < -0.3 is 23.7 Å². The summed E-state index contributed by atoms with van der Waals surface area (Å²) in [7, 11) is 3.15. The third kappa shape index (κ3) is 6.65. The van der Waals surface area contributed by atoms with Gasteiger partial charge in [0, 0.05) is 12.1 Å². The van der Waals surface area contributed by atoms with Crippen molar-refractivity contribution in [3.05, 3.63) is 83.6 Å². The van der Waals surface area contributed by atoms with Crippen molar-refractivity contribution in [2.24, 2.45) is 0 Å². The molecule has 0 aliphatic carbocycles. The molecule has 0 bridgehead atoms. The van der Waals surface area contributed by atoms with Crippen LogP contribution < -0.4 is 9.47 Å². The van der Waals surface area contributed by atoms with Crippen LogP contribution in [0.25, 0.3) is 0 Å². The van der Waals surface area contributed by atoms with Crippen LogP contribution in [0.2, 0.25) is 0 Å². The summed E-state index contributed by atoms with van der Waals surface area (Å²) >= 11 is 0. The zero-order chi connectivity index (χ0) is 26.3. The van der Waals surface area contributed by atoms with Crippen LogP contribution in [0.5, 0.6) is 11.5 Å². The van der Waals surface area contributed by atoms with Gasteiger partial charge in [-0.3, -0.25) is 9.59 Å². The number of halogens is 1. The van der Waals surface area contributed by atoms with E-state index in [1.165, 1.54) is 23.1 Å². The van der Waals surface area contributed by atoms with Gasteiger partial charge in [-0.2, -0.15) is 0 Å². The maximum Gasteiger partial charge on any atom is 0.257 e. The minimum Gasteiger partial charge on any atom is -0.493 e. The molecular weight excluding hydrogens is 463 g/mol. The fourth-order valence-corrected chi connectivity index (χ4v) is 3.81. The highest BCUT2D eigenvalue weighted by atomic mass is 19.1. The smallest absolute Gasteiger partial charge is 0.257 e. The number of benzene rings is 2. The monoisotopic (exact) mass is 496 g/mol. The summed E-state index contributed by atoms with van der Waals surface area (Å²) in [6.07, 6.45) is 2.10. The molecule has 0 N–H and O–H groups in total. The fraction of sp³-hybridized carbons (Fsp3) is 0.357. The summed E-state index contributed by atoms with van der Waals surface area (Å²) < 4.78 is 30.6. The van der Waals surface area contributed by atoms with E-state index in [0.717, 1.165) is 5.56 Å². The molecule has 0 unspecified atom stereocenters. The number of hydrogen-bond acceptors (Lipinski definition) is 5. The van der Waals surface area contributed by atoms with Crippen molar-refractivity contribution >= 4 is 11.8 Å². The minimum absolute atomic E-state index is 0.0665. The highest BCUT2D eigenvalue weighted by molar-refractivity contribution is 5.97. The van der Waals surface area contributed by atoms with Gasteiger partial charge in [0.15, 0.2) is 11.5 Å². The molecule has 3 rings (SSSR count). The molecule has 0 spiro atoms. The number of hydrogen-bond donors (Lipinski definition) is 0. The van der Waals surface area contributed by atoms with Crippen LogP contribution in [0, 0.1) is 5.82 Å². The third-order valence-electron chi connectivity index (χ3n) is 5.85. The van der Waals surface area contributed by atoms with Crippen LogP contribution in [-0.2, 0) is 17.8 Å². The fourth-order valence-electron chi connectivity index (χ4n) is 3.81. The highest BCUT2D eigenvalue weighted by Gasteiger charge is 2.32. The SMILES string of the molecule is COc1ccc(CCN(Cc2ccco2)C(=O)CN(C(=O)c2ccccc2F)C(C)(C)C)cc1OC. The van der Waals surface area contributed by atoms with Gasteiger partial charge in [-0.15, -0.1) is 0 Å². The number of ether oxygens (including phenoxy) is 2. The molecule has 36 heavy (non-hydrogen) atoms. The van der Waals surface area contributed by atoms with Crippen molar-refractivity contribution in [2.45, 2.75) is 39.3 Å². The first-order chi connectivity index (χ1) is 17.1.